The summed E-state index contributed by atoms with van der Waals surface area (Å²) in [5.41, 5.74) is 1.96. The summed E-state index contributed by atoms with van der Waals surface area (Å²) in [4.78, 5) is 0. The standard InChI is InChI=1S/C23H22ClNO3/c1-3-13-27-23-21(24)14-17(15-22(23)26-2)16-25-18-9-11-20(12-10-18)28-19-7-5-4-6-8-19/h3-12,14-15,25H,1,13,16H2,2H3. The highest BCUT2D eigenvalue weighted by Crippen LogP contribution is 2.36. The van der Waals surface area contributed by atoms with Gasteiger partial charge in [-0.1, -0.05) is 42.5 Å². The third-order valence-corrected chi connectivity index (χ3v) is 4.25. The normalized spacial score (nSPS) is 10.2. The molecule has 3 aromatic rings. The van der Waals surface area contributed by atoms with Gasteiger partial charge in [0.05, 0.1) is 12.1 Å². The maximum absolute atomic E-state index is 6.34. The number of rotatable bonds is 9. The number of methoxy groups -OCH3 is 1. The Labute approximate surface area is 170 Å². The van der Waals surface area contributed by atoms with Crippen LogP contribution in [0, 0.1) is 0 Å². The lowest BCUT2D eigenvalue weighted by atomic mass is 10.2. The molecule has 0 fully saturated rings. The van der Waals surface area contributed by atoms with E-state index in [1.54, 1.807) is 13.2 Å². The molecule has 4 nitrogen and oxygen atoms in total. The van der Waals surface area contributed by atoms with E-state index in [2.05, 4.69) is 11.9 Å². The van der Waals surface area contributed by atoms with Crippen LogP contribution in [0.5, 0.6) is 23.0 Å². The first-order chi connectivity index (χ1) is 13.7. The molecule has 3 rings (SSSR count). The van der Waals surface area contributed by atoms with Crippen molar-refractivity contribution < 1.29 is 14.2 Å². The van der Waals surface area contributed by atoms with E-state index in [4.69, 9.17) is 25.8 Å². The van der Waals surface area contributed by atoms with E-state index < -0.39 is 0 Å². The van der Waals surface area contributed by atoms with Crippen LogP contribution in [-0.2, 0) is 6.54 Å². The molecule has 0 amide bonds. The van der Waals surface area contributed by atoms with Gasteiger partial charge in [-0.15, -0.1) is 0 Å². The van der Waals surface area contributed by atoms with Gasteiger partial charge in [-0.25, -0.2) is 0 Å². The summed E-state index contributed by atoms with van der Waals surface area (Å²) in [6.07, 6.45) is 1.66. The summed E-state index contributed by atoms with van der Waals surface area (Å²) in [7, 11) is 1.59. The molecule has 0 saturated heterocycles. The predicted octanol–water partition coefficient (Wildman–Crippen LogP) is 6.32. The van der Waals surface area contributed by atoms with Crippen molar-refractivity contribution >= 4 is 17.3 Å². The van der Waals surface area contributed by atoms with Gasteiger partial charge in [-0.3, -0.25) is 0 Å². The molecule has 0 saturated carbocycles. The van der Waals surface area contributed by atoms with Crippen LogP contribution < -0.4 is 19.5 Å². The van der Waals surface area contributed by atoms with Crippen LogP contribution in [0.25, 0.3) is 0 Å². The third kappa shape index (κ3) is 5.21. The zero-order valence-corrected chi connectivity index (χ0v) is 16.4. The minimum Gasteiger partial charge on any atom is -0.493 e. The fourth-order valence-corrected chi connectivity index (χ4v) is 2.92. The molecule has 0 atom stereocenters. The summed E-state index contributed by atoms with van der Waals surface area (Å²) in [5, 5.41) is 3.87. The van der Waals surface area contributed by atoms with E-state index in [0.29, 0.717) is 29.7 Å². The third-order valence-electron chi connectivity index (χ3n) is 3.96. The molecule has 0 spiro atoms. The van der Waals surface area contributed by atoms with Gasteiger partial charge in [0.1, 0.15) is 18.1 Å². The fraction of sp³-hybridized carbons (Fsp3) is 0.130. The van der Waals surface area contributed by atoms with Crippen molar-refractivity contribution in [2.75, 3.05) is 19.0 Å². The zero-order valence-electron chi connectivity index (χ0n) is 15.7. The topological polar surface area (TPSA) is 39.7 Å². The van der Waals surface area contributed by atoms with Gasteiger partial charge >= 0.3 is 0 Å². The fourth-order valence-electron chi connectivity index (χ4n) is 2.63. The summed E-state index contributed by atoms with van der Waals surface area (Å²) in [6, 6.07) is 21.3. The van der Waals surface area contributed by atoms with E-state index in [0.717, 1.165) is 22.7 Å². The lowest BCUT2D eigenvalue weighted by molar-refractivity contribution is 0.326. The second-order valence-electron chi connectivity index (χ2n) is 6.00. The highest BCUT2D eigenvalue weighted by atomic mass is 35.5. The molecule has 1 N–H and O–H groups in total. The average molecular weight is 396 g/mol. The molecular formula is C23H22ClNO3. The van der Waals surface area contributed by atoms with Crippen molar-refractivity contribution in [1.82, 2.24) is 0 Å². The number of benzene rings is 3. The number of ether oxygens (including phenoxy) is 3. The van der Waals surface area contributed by atoms with Crippen LogP contribution in [0.3, 0.4) is 0 Å². The van der Waals surface area contributed by atoms with Crippen molar-refractivity contribution in [3.8, 4) is 23.0 Å². The van der Waals surface area contributed by atoms with E-state index in [9.17, 15) is 0 Å². The molecule has 0 aromatic heterocycles. The maximum atomic E-state index is 6.34. The number of para-hydroxylation sites is 1. The second kappa shape index (κ2) is 9.72. The van der Waals surface area contributed by atoms with Crippen LogP contribution in [0.15, 0.2) is 79.4 Å². The molecule has 0 bridgehead atoms. The summed E-state index contributed by atoms with van der Waals surface area (Å²) in [5.74, 6) is 2.71. The molecule has 0 unspecified atom stereocenters. The highest BCUT2D eigenvalue weighted by molar-refractivity contribution is 6.32. The van der Waals surface area contributed by atoms with E-state index >= 15 is 0 Å². The summed E-state index contributed by atoms with van der Waals surface area (Å²) >= 11 is 6.34. The van der Waals surface area contributed by atoms with Crippen molar-refractivity contribution in [1.29, 1.82) is 0 Å². The lowest BCUT2D eigenvalue weighted by Gasteiger charge is -2.14. The second-order valence-corrected chi connectivity index (χ2v) is 6.41. The summed E-state index contributed by atoms with van der Waals surface area (Å²) in [6.45, 7) is 4.60. The van der Waals surface area contributed by atoms with Crippen LogP contribution in [0.1, 0.15) is 5.56 Å². The molecule has 0 aliphatic rings. The van der Waals surface area contributed by atoms with E-state index in [-0.39, 0.29) is 0 Å². The van der Waals surface area contributed by atoms with Gasteiger partial charge in [0, 0.05) is 12.2 Å². The van der Waals surface area contributed by atoms with Gasteiger partial charge in [0.25, 0.3) is 0 Å². The van der Waals surface area contributed by atoms with Crippen LogP contribution in [-0.4, -0.2) is 13.7 Å². The molecule has 5 heteroatoms. The number of hydrogen-bond donors (Lipinski definition) is 1. The largest absolute Gasteiger partial charge is 0.493 e. The first kappa shape index (κ1) is 19.6. The lowest BCUT2D eigenvalue weighted by Crippen LogP contribution is -2.02. The molecule has 144 valence electrons. The average Bonchev–Trinajstić information content (AvgIpc) is 2.73. The molecule has 0 radical (unpaired) electrons. The van der Waals surface area contributed by atoms with E-state index in [1.807, 2.05) is 66.7 Å². The SMILES string of the molecule is C=CCOc1c(Cl)cc(CNc2ccc(Oc3ccccc3)cc2)cc1OC. The van der Waals surface area contributed by atoms with Crippen molar-refractivity contribution in [2.24, 2.45) is 0 Å². The Hall–Kier alpha value is -3.11. The predicted molar refractivity (Wildman–Crippen MR) is 114 cm³/mol. The minimum atomic E-state index is 0.366. The Balaban J connectivity index is 1.63. The molecule has 0 aliphatic carbocycles. The minimum absolute atomic E-state index is 0.366. The molecule has 28 heavy (non-hydrogen) atoms. The number of nitrogens with one attached hydrogen (secondary N) is 1. The van der Waals surface area contributed by atoms with E-state index in [1.165, 1.54) is 0 Å². The van der Waals surface area contributed by atoms with Crippen molar-refractivity contribution in [3.05, 3.63) is 90.0 Å². The first-order valence-electron chi connectivity index (χ1n) is 8.86. The van der Waals surface area contributed by atoms with Gasteiger partial charge < -0.3 is 19.5 Å². The van der Waals surface area contributed by atoms with Gasteiger partial charge in [0.15, 0.2) is 11.5 Å². The van der Waals surface area contributed by atoms with Crippen LogP contribution in [0.4, 0.5) is 5.69 Å². The Bertz CT molecular complexity index is 911. The quantitative estimate of drug-likeness (QED) is 0.430. The Morgan fingerprint density at radius 1 is 1.00 bits per heavy atom. The summed E-state index contributed by atoms with van der Waals surface area (Å²) < 4.78 is 16.8. The number of halogens is 1. The molecule has 3 aromatic carbocycles. The van der Waals surface area contributed by atoms with Gasteiger partial charge in [-0.2, -0.15) is 0 Å². The van der Waals surface area contributed by atoms with Crippen LogP contribution in [0.2, 0.25) is 5.02 Å². The number of anilines is 1. The van der Waals surface area contributed by atoms with Crippen molar-refractivity contribution in [3.63, 3.8) is 0 Å². The Morgan fingerprint density at radius 2 is 1.71 bits per heavy atom. The van der Waals surface area contributed by atoms with Crippen molar-refractivity contribution in [2.45, 2.75) is 6.54 Å². The monoisotopic (exact) mass is 395 g/mol. The number of hydrogen-bond acceptors (Lipinski definition) is 4. The molecule has 0 heterocycles. The zero-order chi connectivity index (χ0) is 19.8. The molecule has 0 aliphatic heterocycles. The smallest absolute Gasteiger partial charge is 0.180 e. The molecular weight excluding hydrogens is 374 g/mol. The van der Waals surface area contributed by atoms with Gasteiger partial charge in [-0.05, 0) is 54.1 Å². The van der Waals surface area contributed by atoms with Crippen LogP contribution >= 0.6 is 11.6 Å². The van der Waals surface area contributed by atoms with Gasteiger partial charge in [0.2, 0.25) is 0 Å². The first-order valence-corrected chi connectivity index (χ1v) is 9.24. The maximum Gasteiger partial charge on any atom is 0.180 e. The highest BCUT2D eigenvalue weighted by Gasteiger charge is 2.11. The Morgan fingerprint density at radius 3 is 2.39 bits per heavy atom. The Kier molecular flexibility index (Phi) is 6.82.